The van der Waals surface area contributed by atoms with Gasteiger partial charge in [0, 0.05) is 0 Å². The molecule has 1 saturated carbocycles. The Morgan fingerprint density at radius 2 is 2.40 bits per heavy atom. The first-order valence-corrected chi connectivity index (χ1v) is 3.69. The van der Waals surface area contributed by atoms with Crippen LogP contribution in [0.5, 0.6) is 0 Å². The molecule has 1 heterocycles. The molecular formula is C8H10O2. The van der Waals surface area contributed by atoms with Gasteiger partial charge in [0.1, 0.15) is 6.61 Å². The molecule has 54 valence electrons. The molecule has 2 atom stereocenters. The second kappa shape index (κ2) is 2.11. The van der Waals surface area contributed by atoms with Crippen molar-refractivity contribution in [2.45, 2.75) is 12.8 Å². The van der Waals surface area contributed by atoms with E-state index in [1.54, 1.807) is 0 Å². The molecule has 1 aliphatic heterocycles. The summed E-state index contributed by atoms with van der Waals surface area (Å²) in [5.74, 6) is 0.850. The summed E-state index contributed by atoms with van der Waals surface area (Å²) >= 11 is 0. The molecule has 10 heavy (non-hydrogen) atoms. The average Bonchev–Trinajstić information content (AvgIpc) is 2.62. The van der Waals surface area contributed by atoms with E-state index in [4.69, 9.17) is 4.74 Å². The Labute approximate surface area is 59.9 Å². The Hall–Kier alpha value is -0.790. The Morgan fingerprint density at radius 3 is 3.30 bits per heavy atom. The fraction of sp³-hybridized carbons (Fsp3) is 0.625. The minimum Gasteiger partial charge on any atom is -0.461 e. The van der Waals surface area contributed by atoms with Crippen LogP contribution >= 0.6 is 0 Å². The van der Waals surface area contributed by atoms with Crippen molar-refractivity contribution in [2.24, 2.45) is 11.8 Å². The van der Waals surface area contributed by atoms with Crippen LogP contribution in [-0.2, 0) is 9.53 Å². The van der Waals surface area contributed by atoms with Gasteiger partial charge in [-0.15, -0.1) is 0 Å². The molecule has 1 aliphatic carbocycles. The topological polar surface area (TPSA) is 26.3 Å². The zero-order chi connectivity index (χ0) is 6.97. The first-order valence-electron chi connectivity index (χ1n) is 3.69. The van der Waals surface area contributed by atoms with Gasteiger partial charge in [-0.25, -0.2) is 0 Å². The third kappa shape index (κ3) is 0.939. The Bertz CT molecular complexity index is 184. The number of fused-ring (bicyclic) bond motifs is 1. The number of ether oxygens (including phenoxy) is 1. The second-order valence-corrected chi connectivity index (χ2v) is 2.94. The first-order chi connectivity index (χ1) is 4.88. The molecule has 0 aromatic heterocycles. The molecule has 0 radical (unpaired) electrons. The van der Waals surface area contributed by atoms with Gasteiger partial charge in [-0.1, -0.05) is 12.2 Å². The van der Waals surface area contributed by atoms with Crippen molar-refractivity contribution < 1.29 is 9.53 Å². The number of hydrogen-bond acceptors (Lipinski definition) is 2. The average molecular weight is 138 g/mol. The molecule has 0 aromatic carbocycles. The standard InChI is InChI=1S/C8H10O2/c9-8-7-5-6(7)3-1-2-4-10-8/h1-2,6-7H,3-5H2. The Balaban J connectivity index is 2.05. The maximum absolute atomic E-state index is 11.0. The smallest absolute Gasteiger partial charge is 0.309 e. The zero-order valence-electron chi connectivity index (χ0n) is 5.75. The Kier molecular flexibility index (Phi) is 1.26. The normalized spacial score (nSPS) is 37.4. The molecule has 0 aromatic rings. The summed E-state index contributed by atoms with van der Waals surface area (Å²) in [4.78, 5) is 11.0. The molecule has 2 nitrogen and oxygen atoms in total. The van der Waals surface area contributed by atoms with E-state index >= 15 is 0 Å². The number of allylic oxidation sites excluding steroid dienone is 1. The highest BCUT2D eigenvalue weighted by atomic mass is 16.5. The third-order valence-electron chi connectivity index (χ3n) is 2.15. The van der Waals surface area contributed by atoms with E-state index in [2.05, 4.69) is 6.08 Å². The van der Waals surface area contributed by atoms with Gasteiger partial charge in [0.25, 0.3) is 0 Å². The van der Waals surface area contributed by atoms with Crippen LogP contribution in [0.15, 0.2) is 12.2 Å². The van der Waals surface area contributed by atoms with E-state index in [-0.39, 0.29) is 11.9 Å². The largest absolute Gasteiger partial charge is 0.461 e. The van der Waals surface area contributed by atoms with Crippen LogP contribution in [0, 0.1) is 11.8 Å². The molecule has 0 bridgehead atoms. The molecule has 2 unspecified atom stereocenters. The van der Waals surface area contributed by atoms with E-state index < -0.39 is 0 Å². The van der Waals surface area contributed by atoms with Crippen molar-refractivity contribution in [1.29, 1.82) is 0 Å². The summed E-state index contributed by atoms with van der Waals surface area (Å²) in [6.45, 7) is 0.474. The molecular weight excluding hydrogens is 128 g/mol. The molecule has 0 saturated heterocycles. The van der Waals surface area contributed by atoms with E-state index in [1.807, 2.05) is 6.08 Å². The number of cyclic esters (lactones) is 1. The van der Waals surface area contributed by atoms with Gasteiger partial charge in [0.05, 0.1) is 5.92 Å². The van der Waals surface area contributed by atoms with E-state index in [0.29, 0.717) is 12.5 Å². The quantitative estimate of drug-likeness (QED) is 0.370. The number of carbonyl (C=O) groups is 1. The summed E-state index contributed by atoms with van der Waals surface area (Å²) in [7, 11) is 0. The van der Waals surface area contributed by atoms with Crippen LogP contribution in [0.4, 0.5) is 0 Å². The van der Waals surface area contributed by atoms with Gasteiger partial charge in [-0.05, 0) is 18.8 Å². The molecule has 2 rings (SSSR count). The monoisotopic (exact) mass is 138 g/mol. The summed E-state index contributed by atoms with van der Waals surface area (Å²) < 4.78 is 4.91. The van der Waals surface area contributed by atoms with Crippen molar-refractivity contribution in [3.8, 4) is 0 Å². The van der Waals surface area contributed by atoms with Crippen LogP contribution in [0.3, 0.4) is 0 Å². The van der Waals surface area contributed by atoms with Crippen LogP contribution in [0.1, 0.15) is 12.8 Å². The first kappa shape index (κ1) is 5.96. The van der Waals surface area contributed by atoms with Crippen molar-refractivity contribution in [3.63, 3.8) is 0 Å². The van der Waals surface area contributed by atoms with Crippen LogP contribution < -0.4 is 0 Å². The van der Waals surface area contributed by atoms with Gasteiger partial charge >= 0.3 is 5.97 Å². The van der Waals surface area contributed by atoms with Crippen LogP contribution in [-0.4, -0.2) is 12.6 Å². The summed E-state index contributed by atoms with van der Waals surface area (Å²) in [6.07, 6.45) is 6.15. The molecule has 0 spiro atoms. The predicted molar refractivity (Wildman–Crippen MR) is 36.3 cm³/mol. The van der Waals surface area contributed by atoms with E-state index in [1.165, 1.54) is 0 Å². The lowest BCUT2D eigenvalue weighted by molar-refractivity contribution is -0.144. The molecule has 2 heteroatoms. The predicted octanol–water partition coefficient (Wildman–Crippen LogP) is 1.13. The summed E-state index contributed by atoms with van der Waals surface area (Å²) in [5.41, 5.74) is 0. The maximum atomic E-state index is 11.0. The highest BCUT2D eigenvalue weighted by Gasteiger charge is 2.43. The van der Waals surface area contributed by atoms with Crippen molar-refractivity contribution in [3.05, 3.63) is 12.2 Å². The fourth-order valence-electron chi connectivity index (χ4n) is 1.37. The highest BCUT2D eigenvalue weighted by molar-refractivity contribution is 5.76. The van der Waals surface area contributed by atoms with Gasteiger partial charge in [0.2, 0.25) is 0 Å². The van der Waals surface area contributed by atoms with Crippen molar-refractivity contribution >= 4 is 5.97 Å². The molecule has 0 amide bonds. The van der Waals surface area contributed by atoms with E-state index in [0.717, 1.165) is 12.8 Å². The number of rotatable bonds is 0. The molecule has 1 fully saturated rings. The second-order valence-electron chi connectivity index (χ2n) is 2.94. The minimum atomic E-state index is 0.00866. The highest BCUT2D eigenvalue weighted by Crippen LogP contribution is 2.42. The molecule has 2 aliphatic rings. The van der Waals surface area contributed by atoms with Gasteiger partial charge in [-0.3, -0.25) is 4.79 Å². The van der Waals surface area contributed by atoms with Crippen LogP contribution in [0.25, 0.3) is 0 Å². The Morgan fingerprint density at radius 1 is 1.50 bits per heavy atom. The number of hydrogen-bond donors (Lipinski definition) is 0. The van der Waals surface area contributed by atoms with Crippen molar-refractivity contribution in [1.82, 2.24) is 0 Å². The van der Waals surface area contributed by atoms with Gasteiger partial charge in [-0.2, -0.15) is 0 Å². The summed E-state index contributed by atoms with van der Waals surface area (Å²) in [6, 6.07) is 0. The lowest BCUT2D eigenvalue weighted by Crippen LogP contribution is -2.09. The molecule has 0 N–H and O–H groups in total. The van der Waals surface area contributed by atoms with E-state index in [9.17, 15) is 4.79 Å². The fourth-order valence-corrected chi connectivity index (χ4v) is 1.37. The van der Waals surface area contributed by atoms with Gasteiger partial charge < -0.3 is 4.74 Å². The SMILES string of the molecule is O=C1OCC=CCC2CC12. The zero-order valence-corrected chi connectivity index (χ0v) is 5.75. The van der Waals surface area contributed by atoms with Gasteiger partial charge in [0.15, 0.2) is 0 Å². The third-order valence-corrected chi connectivity index (χ3v) is 2.15. The minimum absolute atomic E-state index is 0.00866. The lowest BCUT2D eigenvalue weighted by Gasteiger charge is -2.02. The lowest BCUT2D eigenvalue weighted by atomic mass is 10.2. The maximum Gasteiger partial charge on any atom is 0.309 e. The number of esters is 1. The summed E-state index contributed by atoms with van der Waals surface area (Å²) in [5, 5.41) is 0. The van der Waals surface area contributed by atoms with Crippen molar-refractivity contribution in [2.75, 3.05) is 6.61 Å². The van der Waals surface area contributed by atoms with Crippen LogP contribution in [0.2, 0.25) is 0 Å². The number of carbonyl (C=O) groups excluding carboxylic acids is 1.